The zero-order chi connectivity index (χ0) is 22.7. The second kappa shape index (κ2) is 9.49. The van der Waals surface area contributed by atoms with Crippen molar-refractivity contribution in [2.45, 2.75) is 20.0 Å². The number of benzene rings is 2. The molecule has 3 rings (SSSR count). The van der Waals surface area contributed by atoms with Gasteiger partial charge in [0.2, 0.25) is 0 Å². The predicted molar refractivity (Wildman–Crippen MR) is 126 cm³/mol. The Hall–Kier alpha value is -2.91. The fraction of sp³-hybridized carbons (Fsp3) is 0.227. The third kappa shape index (κ3) is 4.88. The second-order valence-corrected chi connectivity index (χ2v) is 8.09. The molecule has 0 unspecified atom stereocenters. The topological polar surface area (TPSA) is 77.1 Å². The molecule has 1 heterocycles. The minimum Gasteiger partial charge on any atom is -0.497 e. The fourth-order valence-corrected chi connectivity index (χ4v) is 3.73. The van der Waals surface area contributed by atoms with Crippen molar-refractivity contribution >= 4 is 56.8 Å². The summed E-state index contributed by atoms with van der Waals surface area (Å²) < 4.78 is 17.0. The van der Waals surface area contributed by atoms with Gasteiger partial charge in [0.1, 0.15) is 22.8 Å². The maximum absolute atomic E-state index is 13.3. The number of hydrogen-bond donors (Lipinski definition) is 1. The lowest BCUT2D eigenvalue weighted by Gasteiger charge is -2.30. The van der Waals surface area contributed by atoms with Crippen molar-refractivity contribution in [2.24, 2.45) is 0 Å². The van der Waals surface area contributed by atoms with Crippen LogP contribution in [0.25, 0.3) is 6.08 Å². The van der Waals surface area contributed by atoms with E-state index in [2.05, 4.69) is 21.2 Å². The largest absolute Gasteiger partial charge is 0.497 e. The first-order chi connectivity index (χ1) is 14.7. The molecule has 1 aliphatic rings. The van der Waals surface area contributed by atoms with Crippen molar-refractivity contribution in [1.29, 1.82) is 0 Å². The highest BCUT2D eigenvalue weighted by Gasteiger charge is 2.36. The minimum absolute atomic E-state index is 0.0141. The van der Waals surface area contributed by atoms with Gasteiger partial charge in [0, 0.05) is 6.07 Å². The van der Waals surface area contributed by atoms with E-state index in [1.807, 2.05) is 13.8 Å². The lowest BCUT2D eigenvalue weighted by molar-refractivity contribution is -0.122. The van der Waals surface area contributed by atoms with Crippen molar-refractivity contribution < 1.29 is 23.8 Å². The Morgan fingerprint density at radius 1 is 1.06 bits per heavy atom. The molecule has 0 radical (unpaired) electrons. The summed E-state index contributed by atoms with van der Waals surface area (Å²) in [7, 11) is 3.01. The van der Waals surface area contributed by atoms with Crippen LogP contribution in [0.3, 0.4) is 0 Å². The smallest absolute Gasteiger partial charge is 0.270 e. The van der Waals surface area contributed by atoms with Crippen LogP contribution in [0.2, 0.25) is 0 Å². The molecular formula is C22H21BrN2O5S. The number of carbonyl (C=O) groups excluding carboxylic acids is 2. The number of carbonyl (C=O) groups is 2. The molecule has 7 nitrogen and oxygen atoms in total. The molecule has 0 spiro atoms. The molecule has 2 aromatic rings. The molecule has 1 N–H and O–H groups in total. The lowest BCUT2D eigenvalue weighted by Crippen LogP contribution is -2.54. The Bertz CT molecular complexity index is 1080. The molecule has 0 saturated carbocycles. The van der Waals surface area contributed by atoms with Crippen LogP contribution in [0.1, 0.15) is 19.4 Å². The summed E-state index contributed by atoms with van der Waals surface area (Å²) in [6.45, 7) is 3.86. The van der Waals surface area contributed by atoms with Crippen LogP contribution in [-0.4, -0.2) is 37.3 Å². The van der Waals surface area contributed by atoms with E-state index < -0.39 is 11.8 Å². The monoisotopic (exact) mass is 504 g/mol. The Morgan fingerprint density at radius 3 is 2.42 bits per heavy atom. The first-order valence-electron chi connectivity index (χ1n) is 9.34. The van der Waals surface area contributed by atoms with Crippen LogP contribution in [-0.2, 0) is 9.59 Å². The normalized spacial score (nSPS) is 15.4. The summed E-state index contributed by atoms with van der Waals surface area (Å²) in [6, 6.07) is 10.3. The summed E-state index contributed by atoms with van der Waals surface area (Å²) in [5.41, 5.74) is 0.984. The number of methoxy groups -OCH3 is 2. The number of hydrogen-bond acceptors (Lipinski definition) is 6. The number of amides is 2. The average molecular weight is 505 g/mol. The lowest BCUT2D eigenvalue weighted by atomic mass is 10.1. The quantitative estimate of drug-likeness (QED) is 0.362. The highest BCUT2D eigenvalue weighted by atomic mass is 79.9. The predicted octanol–water partition coefficient (Wildman–Crippen LogP) is 4.08. The number of ether oxygens (including phenoxy) is 3. The molecule has 2 aromatic carbocycles. The van der Waals surface area contributed by atoms with Gasteiger partial charge in [-0.05, 0) is 77.9 Å². The van der Waals surface area contributed by atoms with E-state index in [-0.39, 0.29) is 16.8 Å². The average Bonchev–Trinajstić information content (AvgIpc) is 2.72. The Kier molecular flexibility index (Phi) is 6.97. The minimum atomic E-state index is -0.572. The van der Waals surface area contributed by atoms with Crippen LogP contribution in [0.4, 0.5) is 5.69 Å². The van der Waals surface area contributed by atoms with Gasteiger partial charge in [-0.1, -0.05) is 6.07 Å². The van der Waals surface area contributed by atoms with Crippen LogP contribution >= 0.6 is 28.1 Å². The van der Waals surface area contributed by atoms with Crippen molar-refractivity contribution in [2.75, 3.05) is 19.1 Å². The van der Waals surface area contributed by atoms with E-state index in [1.165, 1.54) is 25.2 Å². The number of anilines is 1. The van der Waals surface area contributed by atoms with Gasteiger partial charge >= 0.3 is 0 Å². The molecule has 1 aliphatic heterocycles. The second-order valence-electron chi connectivity index (χ2n) is 6.85. The van der Waals surface area contributed by atoms with Gasteiger partial charge in [0.25, 0.3) is 11.8 Å². The molecule has 0 bridgehead atoms. The highest BCUT2D eigenvalue weighted by Crippen LogP contribution is 2.35. The SMILES string of the molecule is COc1ccc(N2C(=O)/C(=C/c3ccc(OC(C)C)c(Br)c3)C(=O)NC2=S)c(OC)c1. The van der Waals surface area contributed by atoms with Crippen LogP contribution < -0.4 is 24.4 Å². The Balaban J connectivity index is 1.99. The molecule has 162 valence electrons. The zero-order valence-corrected chi connectivity index (χ0v) is 19.8. The summed E-state index contributed by atoms with van der Waals surface area (Å²) in [5, 5.41) is 2.54. The van der Waals surface area contributed by atoms with Gasteiger partial charge in [-0.15, -0.1) is 0 Å². The van der Waals surface area contributed by atoms with Crippen molar-refractivity contribution in [3.05, 3.63) is 52.0 Å². The number of nitrogens with one attached hydrogen (secondary N) is 1. The third-order valence-electron chi connectivity index (χ3n) is 4.36. The molecule has 0 aromatic heterocycles. The van der Waals surface area contributed by atoms with Crippen LogP contribution in [0.5, 0.6) is 17.2 Å². The van der Waals surface area contributed by atoms with E-state index in [0.29, 0.717) is 33.0 Å². The van der Waals surface area contributed by atoms with Crippen LogP contribution in [0.15, 0.2) is 46.4 Å². The molecule has 1 saturated heterocycles. The van der Waals surface area contributed by atoms with E-state index in [4.69, 9.17) is 26.4 Å². The standard InChI is InChI=1S/C22H21BrN2O5S/c1-12(2)30-18-8-5-13(10-16(18)23)9-15-20(26)24-22(31)25(21(15)27)17-7-6-14(28-3)11-19(17)29-4/h5-12H,1-4H3,(H,24,26,31)/b15-9+. The first-order valence-corrected chi connectivity index (χ1v) is 10.5. The first kappa shape index (κ1) is 22.8. The third-order valence-corrected chi connectivity index (χ3v) is 5.26. The van der Waals surface area contributed by atoms with Crippen LogP contribution in [0, 0.1) is 0 Å². The van der Waals surface area contributed by atoms with Gasteiger partial charge in [0.05, 0.1) is 30.5 Å². The van der Waals surface area contributed by atoms with Gasteiger partial charge in [-0.2, -0.15) is 0 Å². The van der Waals surface area contributed by atoms with E-state index in [0.717, 1.165) is 0 Å². The molecule has 0 aliphatic carbocycles. The van der Waals surface area contributed by atoms with Crippen molar-refractivity contribution in [3.63, 3.8) is 0 Å². The zero-order valence-electron chi connectivity index (χ0n) is 17.4. The summed E-state index contributed by atoms with van der Waals surface area (Å²) >= 11 is 8.72. The molecule has 1 fully saturated rings. The van der Waals surface area contributed by atoms with E-state index in [9.17, 15) is 9.59 Å². The summed E-state index contributed by atoms with van der Waals surface area (Å²) in [4.78, 5) is 27.0. The molecule has 9 heteroatoms. The molecular weight excluding hydrogens is 484 g/mol. The Morgan fingerprint density at radius 2 is 1.81 bits per heavy atom. The van der Waals surface area contributed by atoms with Gasteiger partial charge in [0.15, 0.2) is 5.11 Å². The number of thiocarbonyl (C=S) groups is 1. The highest BCUT2D eigenvalue weighted by molar-refractivity contribution is 9.10. The van der Waals surface area contributed by atoms with E-state index >= 15 is 0 Å². The molecule has 31 heavy (non-hydrogen) atoms. The maximum atomic E-state index is 13.3. The summed E-state index contributed by atoms with van der Waals surface area (Å²) in [5.74, 6) is 0.475. The number of halogens is 1. The van der Waals surface area contributed by atoms with E-state index in [1.54, 1.807) is 36.4 Å². The summed E-state index contributed by atoms with van der Waals surface area (Å²) in [6.07, 6.45) is 1.52. The van der Waals surface area contributed by atoms with Gasteiger partial charge in [-0.3, -0.25) is 14.9 Å². The van der Waals surface area contributed by atoms with Gasteiger partial charge < -0.3 is 14.2 Å². The number of rotatable bonds is 6. The fourth-order valence-electron chi connectivity index (χ4n) is 2.97. The van der Waals surface area contributed by atoms with Gasteiger partial charge in [-0.25, -0.2) is 4.90 Å². The molecule has 2 amide bonds. The number of nitrogens with zero attached hydrogens (tertiary/aromatic N) is 1. The van der Waals surface area contributed by atoms with Crippen molar-refractivity contribution in [3.8, 4) is 17.2 Å². The Labute approximate surface area is 194 Å². The maximum Gasteiger partial charge on any atom is 0.270 e. The van der Waals surface area contributed by atoms with Crippen molar-refractivity contribution in [1.82, 2.24) is 5.32 Å². The molecule has 0 atom stereocenters.